The SMILES string of the molecule is C=C(Nc1n[nH]nc1C(=N)CC)C(C)C. The molecule has 3 N–H and O–H groups in total. The van der Waals surface area contributed by atoms with Crippen LogP contribution in [0.15, 0.2) is 12.3 Å². The average molecular weight is 207 g/mol. The van der Waals surface area contributed by atoms with Gasteiger partial charge in [0.1, 0.15) is 0 Å². The molecular formula is C10H17N5. The maximum absolute atomic E-state index is 7.70. The van der Waals surface area contributed by atoms with Gasteiger partial charge in [-0.2, -0.15) is 10.3 Å². The Morgan fingerprint density at radius 2 is 2.20 bits per heavy atom. The highest BCUT2D eigenvalue weighted by molar-refractivity contribution is 6.00. The van der Waals surface area contributed by atoms with Gasteiger partial charge in [-0.3, -0.25) is 0 Å². The van der Waals surface area contributed by atoms with Crippen molar-refractivity contribution in [1.29, 1.82) is 5.41 Å². The topological polar surface area (TPSA) is 77.5 Å². The van der Waals surface area contributed by atoms with Gasteiger partial charge in [-0.15, -0.1) is 5.10 Å². The molecule has 0 radical (unpaired) electrons. The summed E-state index contributed by atoms with van der Waals surface area (Å²) in [4.78, 5) is 0. The van der Waals surface area contributed by atoms with Gasteiger partial charge in [0.2, 0.25) is 0 Å². The van der Waals surface area contributed by atoms with E-state index in [4.69, 9.17) is 5.41 Å². The molecule has 0 unspecified atom stereocenters. The van der Waals surface area contributed by atoms with E-state index in [9.17, 15) is 0 Å². The van der Waals surface area contributed by atoms with Crippen molar-refractivity contribution in [3.05, 3.63) is 18.0 Å². The minimum Gasteiger partial charge on any atom is -0.341 e. The molecule has 5 heteroatoms. The number of nitrogens with one attached hydrogen (secondary N) is 3. The molecule has 1 rings (SSSR count). The number of allylic oxidation sites excluding steroid dienone is 1. The molecule has 82 valence electrons. The lowest BCUT2D eigenvalue weighted by atomic mass is 10.1. The minimum absolute atomic E-state index is 0.324. The summed E-state index contributed by atoms with van der Waals surface area (Å²) in [6, 6.07) is 0. The number of hydrogen-bond donors (Lipinski definition) is 3. The number of H-pyrrole nitrogens is 1. The highest BCUT2D eigenvalue weighted by atomic mass is 15.4. The minimum atomic E-state index is 0.324. The molecule has 0 aliphatic rings. The maximum atomic E-state index is 7.70. The lowest BCUT2D eigenvalue weighted by Gasteiger charge is -2.10. The van der Waals surface area contributed by atoms with Crippen molar-refractivity contribution in [1.82, 2.24) is 15.4 Å². The summed E-state index contributed by atoms with van der Waals surface area (Å²) in [6.45, 7) is 9.89. The molecule has 0 bridgehead atoms. The second-order valence-corrected chi connectivity index (χ2v) is 3.66. The van der Waals surface area contributed by atoms with Crippen LogP contribution >= 0.6 is 0 Å². The molecule has 0 amide bonds. The number of rotatable bonds is 5. The van der Waals surface area contributed by atoms with E-state index in [2.05, 4.69) is 27.3 Å². The molecule has 1 aromatic rings. The first-order valence-electron chi connectivity index (χ1n) is 5.00. The number of anilines is 1. The molecular weight excluding hydrogens is 190 g/mol. The Morgan fingerprint density at radius 1 is 1.53 bits per heavy atom. The highest BCUT2D eigenvalue weighted by Crippen LogP contribution is 2.15. The van der Waals surface area contributed by atoms with Gasteiger partial charge in [-0.1, -0.05) is 27.4 Å². The predicted octanol–water partition coefficient (Wildman–Crippen LogP) is 2.16. The van der Waals surface area contributed by atoms with Crippen molar-refractivity contribution in [3.63, 3.8) is 0 Å². The molecule has 5 nitrogen and oxygen atoms in total. The van der Waals surface area contributed by atoms with E-state index in [0.717, 1.165) is 5.70 Å². The van der Waals surface area contributed by atoms with Gasteiger partial charge >= 0.3 is 0 Å². The summed E-state index contributed by atoms with van der Waals surface area (Å²) < 4.78 is 0. The van der Waals surface area contributed by atoms with E-state index in [1.54, 1.807) is 0 Å². The summed E-state index contributed by atoms with van der Waals surface area (Å²) in [5.41, 5.74) is 1.90. The molecule has 1 aromatic heterocycles. The fraction of sp³-hybridized carbons (Fsp3) is 0.500. The van der Waals surface area contributed by atoms with Crippen LogP contribution in [-0.2, 0) is 0 Å². The molecule has 0 saturated carbocycles. The summed E-state index contributed by atoms with van der Waals surface area (Å²) in [5, 5.41) is 21.2. The van der Waals surface area contributed by atoms with Crippen molar-refractivity contribution in [3.8, 4) is 0 Å². The zero-order valence-electron chi connectivity index (χ0n) is 9.39. The zero-order chi connectivity index (χ0) is 11.4. The molecule has 0 spiro atoms. The van der Waals surface area contributed by atoms with Crippen molar-refractivity contribution in [2.75, 3.05) is 5.32 Å². The van der Waals surface area contributed by atoms with E-state index in [-0.39, 0.29) is 0 Å². The van der Waals surface area contributed by atoms with Crippen molar-refractivity contribution >= 4 is 11.5 Å². The Morgan fingerprint density at radius 3 is 2.73 bits per heavy atom. The molecule has 0 aromatic carbocycles. The lowest BCUT2D eigenvalue weighted by molar-refractivity contribution is 0.776. The Labute approximate surface area is 89.5 Å². The molecule has 0 aliphatic carbocycles. The van der Waals surface area contributed by atoms with E-state index in [1.807, 2.05) is 20.8 Å². The quantitative estimate of drug-likeness (QED) is 0.647. The first kappa shape index (κ1) is 11.4. The Bertz CT molecular complexity index is 364. The zero-order valence-corrected chi connectivity index (χ0v) is 9.39. The molecule has 0 aliphatic heterocycles. The van der Waals surface area contributed by atoms with Crippen LogP contribution in [0.4, 0.5) is 5.82 Å². The first-order valence-corrected chi connectivity index (χ1v) is 5.00. The normalized spacial score (nSPS) is 10.4. The van der Waals surface area contributed by atoms with Crippen LogP contribution in [0.3, 0.4) is 0 Å². The molecule has 0 fully saturated rings. The summed E-state index contributed by atoms with van der Waals surface area (Å²) in [7, 11) is 0. The first-order chi connectivity index (χ1) is 7.06. The lowest BCUT2D eigenvalue weighted by Crippen LogP contribution is -2.08. The second kappa shape index (κ2) is 4.72. The number of aromatic nitrogens is 3. The van der Waals surface area contributed by atoms with Gasteiger partial charge in [0.15, 0.2) is 11.5 Å². The van der Waals surface area contributed by atoms with Gasteiger partial charge in [0.25, 0.3) is 0 Å². The van der Waals surface area contributed by atoms with Gasteiger partial charge in [-0.25, -0.2) is 0 Å². The third kappa shape index (κ3) is 2.65. The Balaban J connectivity index is 2.82. The largest absolute Gasteiger partial charge is 0.341 e. The van der Waals surface area contributed by atoms with Crippen LogP contribution in [0.1, 0.15) is 32.9 Å². The van der Waals surface area contributed by atoms with Crippen LogP contribution in [-0.4, -0.2) is 21.1 Å². The summed E-state index contributed by atoms with van der Waals surface area (Å²) >= 11 is 0. The van der Waals surface area contributed by atoms with Crippen LogP contribution in [0.25, 0.3) is 0 Å². The third-order valence-electron chi connectivity index (χ3n) is 2.16. The van der Waals surface area contributed by atoms with E-state index >= 15 is 0 Å². The van der Waals surface area contributed by atoms with Crippen molar-refractivity contribution in [2.24, 2.45) is 5.92 Å². The van der Waals surface area contributed by atoms with Crippen molar-refractivity contribution < 1.29 is 0 Å². The number of aromatic amines is 1. The fourth-order valence-corrected chi connectivity index (χ4v) is 0.992. The van der Waals surface area contributed by atoms with E-state index < -0.39 is 0 Å². The van der Waals surface area contributed by atoms with Crippen molar-refractivity contribution in [2.45, 2.75) is 27.2 Å². The predicted molar refractivity (Wildman–Crippen MR) is 61.1 cm³/mol. The molecule has 15 heavy (non-hydrogen) atoms. The smallest absolute Gasteiger partial charge is 0.181 e. The van der Waals surface area contributed by atoms with Crippen LogP contribution in [0.2, 0.25) is 0 Å². The van der Waals surface area contributed by atoms with Crippen LogP contribution < -0.4 is 5.32 Å². The Hall–Kier alpha value is -1.65. The van der Waals surface area contributed by atoms with Crippen LogP contribution in [0.5, 0.6) is 0 Å². The Kier molecular flexibility index (Phi) is 3.60. The van der Waals surface area contributed by atoms with Gasteiger partial charge in [-0.05, 0) is 12.3 Å². The van der Waals surface area contributed by atoms with E-state index in [0.29, 0.717) is 29.6 Å². The van der Waals surface area contributed by atoms with E-state index in [1.165, 1.54) is 0 Å². The fourth-order valence-electron chi connectivity index (χ4n) is 0.992. The van der Waals surface area contributed by atoms with Gasteiger partial charge < -0.3 is 10.7 Å². The molecule has 1 heterocycles. The monoisotopic (exact) mass is 207 g/mol. The second-order valence-electron chi connectivity index (χ2n) is 3.66. The van der Waals surface area contributed by atoms with Gasteiger partial charge in [0.05, 0.1) is 5.71 Å². The molecule has 0 saturated heterocycles. The summed E-state index contributed by atoms with van der Waals surface area (Å²) in [5.74, 6) is 0.908. The highest BCUT2D eigenvalue weighted by Gasteiger charge is 2.12. The standard InChI is InChI=1S/C10H17N5/c1-5-8(11)9-10(14-15-13-9)12-7(4)6(2)3/h6,11H,4-5H2,1-3H3,(H2,12,13,14,15). The maximum Gasteiger partial charge on any atom is 0.181 e. The average Bonchev–Trinajstić information content (AvgIpc) is 2.64. The molecule has 0 atom stereocenters. The number of nitrogens with zero attached hydrogens (tertiary/aromatic N) is 2. The third-order valence-corrected chi connectivity index (χ3v) is 2.16. The van der Waals surface area contributed by atoms with Gasteiger partial charge in [0, 0.05) is 5.70 Å². The summed E-state index contributed by atoms with van der Waals surface area (Å²) in [6.07, 6.45) is 0.634. The van der Waals surface area contributed by atoms with Crippen LogP contribution in [0, 0.1) is 11.3 Å². The number of hydrogen-bond acceptors (Lipinski definition) is 4.